The molecule has 0 aromatic carbocycles. The number of aliphatic hydroxyl groups is 1. The van der Waals surface area contributed by atoms with Crippen molar-refractivity contribution in [1.82, 2.24) is 0 Å². The number of carbonyl (C=O) groups is 1. The Morgan fingerprint density at radius 1 is 1.54 bits per heavy atom. The molecule has 0 radical (unpaired) electrons. The smallest absolute Gasteiger partial charge is 0.335 e. The highest BCUT2D eigenvalue weighted by atomic mass is 16.5. The first-order valence-electron chi connectivity index (χ1n) is 4.42. The molecular weight excluding hydrogens is 172 g/mol. The third-order valence-electron chi connectivity index (χ3n) is 2.25. The predicted molar refractivity (Wildman–Crippen MR) is 48.6 cm³/mol. The second-order valence-electron chi connectivity index (χ2n) is 3.45. The Balaban J connectivity index is 4.36. The van der Waals surface area contributed by atoms with Crippen molar-refractivity contribution in [3.05, 3.63) is 0 Å². The third kappa shape index (κ3) is 3.32. The van der Waals surface area contributed by atoms with Crippen molar-refractivity contribution in [2.24, 2.45) is 0 Å². The van der Waals surface area contributed by atoms with E-state index in [2.05, 4.69) is 0 Å². The summed E-state index contributed by atoms with van der Waals surface area (Å²) in [4.78, 5) is 10.8. The molecule has 0 heterocycles. The molecule has 0 saturated carbocycles. The molecule has 0 aliphatic carbocycles. The highest BCUT2D eigenvalue weighted by Gasteiger charge is 2.34. The number of hydrogen-bond donors (Lipinski definition) is 2. The Bertz CT molecular complexity index is 178. The monoisotopic (exact) mass is 190 g/mol. The number of carboxylic acids is 1. The number of aliphatic carboxylic acids is 1. The van der Waals surface area contributed by atoms with Crippen LogP contribution in [0.2, 0.25) is 0 Å². The topological polar surface area (TPSA) is 66.8 Å². The molecule has 0 rings (SSSR count). The van der Waals surface area contributed by atoms with Gasteiger partial charge in [0.15, 0.2) is 5.60 Å². The highest BCUT2D eigenvalue weighted by molar-refractivity contribution is 5.76. The average Bonchev–Trinajstić information content (AvgIpc) is 2.03. The summed E-state index contributed by atoms with van der Waals surface area (Å²) < 4.78 is 5.26. The largest absolute Gasteiger partial charge is 0.479 e. The maximum absolute atomic E-state index is 10.8. The van der Waals surface area contributed by atoms with E-state index in [0.717, 1.165) is 0 Å². The molecule has 0 spiro atoms. The number of rotatable bonds is 5. The van der Waals surface area contributed by atoms with Crippen molar-refractivity contribution in [3.8, 4) is 0 Å². The Labute approximate surface area is 78.5 Å². The third-order valence-corrected chi connectivity index (χ3v) is 2.25. The maximum Gasteiger partial charge on any atom is 0.335 e. The van der Waals surface area contributed by atoms with Crippen molar-refractivity contribution in [3.63, 3.8) is 0 Å². The van der Waals surface area contributed by atoms with Crippen molar-refractivity contribution >= 4 is 5.97 Å². The van der Waals surface area contributed by atoms with Gasteiger partial charge in [0.25, 0.3) is 0 Å². The minimum Gasteiger partial charge on any atom is -0.479 e. The van der Waals surface area contributed by atoms with Gasteiger partial charge < -0.3 is 14.9 Å². The van der Waals surface area contributed by atoms with Crippen LogP contribution in [0.25, 0.3) is 0 Å². The fraction of sp³-hybridized carbons (Fsp3) is 0.889. The predicted octanol–water partition coefficient (Wildman–Crippen LogP) is 1.03. The average molecular weight is 190 g/mol. The van der Waals surface area contributed by atoms with Crippen LogP contribution in [0.1, 0.15) is 34.1 Å². The quantitative estimate of drug-likeness (QED) is 0.679. The van der Waals surface area contributed by atoms with Crippen LogP contribution in [0.15, 0.2) is 0 Å². The molecule has 0 fully saturated rings. The molecule has 78 valence electrons. The van der Waals surface area contributed by atoms with Crippen LogP contribution in [0, 0.1) is 0 Å². The first kappa shape index (κ1) is 12.4. The molecule has 0 bridgehead atoms. The highest BCUT2D eigenvalue weighted by Crippen LogP contribution is 2.19. The fourth-order valence-corrected chi connectivity index (χ4v) is 0.794. The van der Waals surface area contributed by atoms with Crippen LogP contribution in [-0.2, 0) is 9.53 Å². The van der Waals surface area contributed by atoms with Gasteiger partial charge >= 0.3 is 5.97 Å². The molecule has 0 saturated heterocycles. The molecule has 13 heavy (non-hydrogen) atoms. The molecule has 0 aromatic heterocycles. The van der Waals surface area contributed by atoms with E-state index in [0.29, 0.717) is 6.42 Å². The second kappa shape index (κ2) is 4.58. The van der Waals surface area contributed by atoms with E-state index < -0.39 is 23.8 Å². The molecule has 4 nitrogen and oxygen atoms in total. The standard InChI is InChI=1S/C9H18O4/c1-5-9(4,8(11)12)13-7(3)6(2)10/h6-7,10H,5H2,1-4H3,(H,11,12). The van der Waals surface area contributed by atoms with Crippen molar-refractivity contribution in [2.45, 2.75) is 51.9 Å². The van der Waals surface area contributed by atoms with E-state index in [9.17, 15) is 4.79 Å². The summed E-state index contributed by atoms with van der Waals surface area (Å²) in [5.41, 5.74) is -1.20. The number of carboxylic acid groups (broad SMARTS) is 1. The van der Waals surface area contributed by atoms with E-state index in [1.807, 2.05) is 0 Å². The molecule has 0 aliphatic heterocycles. The minimum absolute atomic E-state index is 0.374. The van der Waals surface area contributed by atoms with Gasteiger partial charge in [-0.3, -0.25) is 0 Å². The Hall–Kier alpha value is -0.610. The summed E-state index contributed by atoms with van der Waals surface area (Å²) in [6.45, 7) is 6.47. The molecule has 0 amide bonds. The Kier molecular flexibility index (Phi) is 4.36. The normalized spacial score (nSPS) is 20.4. The lowest BCUT2D eigenvalue weighted by Gasteiger charge is -2.29. The van der Waals surface area contributed by atoms with E-state index in [1.54, 1.807) is 20.8 Å². The van der Waals surface area contributed by atoms with Crippen LogP contribution >= 0.6 is 0 Å². The Morgan fingerprint density at radius 2 is 2.00 bits per heavy atom. The molecule has 3 unspecified atom stereocenters. The summed E-state index contributed by atoms with van der Waals surface area (Å²) >= 11 is 0. The van der Waals surface area contributed by atoms with E-state index in [4.69, 9.17) is 14.9 Å². The fourth-order valence-electron chi connectivity index (χ4n) is 0.794. The zero-order chi connectivity index (χ0) is 10.6. The lowest BCUT2D eigenvalue weighted by atomic mass is 10.0. The van der Waals surface area contributed by atoms with Gasteiger partial charge in [-0.15, -0.1) is 0 Å². The van der Waals surface area contributed by atoms with Gasteiger partial charge in [-0.05, 0) is 27.2 Å². The van der Waals surface area contributed by atoms with Crippen molar-refractivity contribution < 1.29 is 19.7 Å². The summed E-state index contributed by atoms with van der Waals surface area (Å²) in [7, 11) is 0. The van der Waals surface area contributed by atoms with Gasteiger partial charge in [-0.2, -0.15) is 0 Å². The molecule has 2 N–H and O–H groups in total. The van der Waals surface area contributed by atoms with Crippen LogP contribution < -0.4 is 0 Å². The number of ether oxygens (including phenoxy) is 1. The van der Waals surface area contributed by atoms with Crippen LogP contribution in [0.3, 0.4) is 0 Å². The van der Waals surface area contributed by atoms with Crippen LogP contribution in [-0.4, -0.2) is 34.0 Å². The van der Waals surface area contributed by atoms with Gasteiger partial charge in [0.1, 0.15) is 0 Å². The first-order valence-corrected chi connectivity index (χ1v) is 4.42. The molecular formula is C9H18O4. The summed E-state index contributed by atoms with van der Waals surface area (Å²) in [5.74, 6) is -0.998. The second-order valence-corrected chi connectivity index (χ2v) is 3.45. The zero-order valence-electron chi connectivity index (χ0n) is 8.57. The van der Waals surface area contributed by atoms with E-state index in [1.165, 1.54) is 6.92 Å². The van der Waals surface area contributed by atoms with Crippen molar-refractivity contribution in [2.75, 3.05) is 0 Å². The van der Waals surface area contributed by atoms with Gasteiger partial charge in [-0.25, -0.2) is 4.79 Å². The van der Waals surface area contributed by atoms with Gasteiger partial charge in [0, 0.05) is 0 Å². The molecule has 0 aromatic rings. The molecule has 0 aliphatic rings. The Morgan fingerprint density at radius 3 is 2.23 bits per heavy atom. The molecule has 4 heteroatoms. The van der Waals surface area contributed by atoms with Gasteiger partial charge in [0.2, 0.25) is 0 Å². The molecule has 3 atom stereocenters. The zero-order valence-corrected chi connectivity index (χ0v) is 8.57. The number of hydrogen-bond acceptors (Lipinski definition) is 3. The lowest BCUT2D eigenvalue weighted by Crippen LogP contribution is -2.43. The van der Waals surface area contributed by atoms with Crippen LogP contribution in [0.5, 0.6) is 0 Å². The van der Waals surface area contributed by atoms with Crippen molar-refractivity contribution in [1.29, 1.82) is 0 Å². The first-order chi connectivity index (χ1) is 5.83. The summed E-state index contributed by atoms with van der Waals surface area (Å²) in [6.07, 6.45) is -0.759. The van der Waals surface area contributed by atoms with E-state index in [-0.39, 0.29) is 0 Å². The van der Waals surface area contributed by atoms with E-state index >= 15 is 0 Å². The van der Waals surface area contributed by atoms with Gasteiger partial charge in [-0.1, -0.05) is 6.92 Å². The SMILES string of the molecule is CCC(C)(OC(C)C(C)O)C(=O)O. The lowest BCUT2D eigenvalue weighted by molar-refractivity contribution is -0.177. The minimum atomic E-state index is -1.20. The van der Waals surface area contributed by atoms with Crippen LogP contribution in [0.4, 0.5) is 0 Å². The maximum atomic E-state index is 10.8. The summed E-state index contributed by atoms with van der Waals surface area (Å²) in [6, 6.07) is 0. The summed E-state index contributed by atoms with van der Waals surface area (Å²) in [5, 5.41) is 18.0. The van der Waals surface area contributed by atoms with Gasteiger partial charge in [0.05, 0.1) is 12.2 Å². The number of aliphatic hydroxyl groups excluding tert-OH is 1.